The van der Waals surface area contributed by atoms with E-state index in [2.05, 4.69) is 4.72 Å². The molecule has 25 heavy (non-hydrogen) atoms. The third-order valence-electron chi connectivity index (χ3n) is 3.21. The summed E-state index contributed by atoms with van der Waals surface area (Å²) >= 11 is 0. The summed E-state index contributed by atoms with van der Waals surface area (Å²) in [5.41, 5.74) is -0.650. The van der Waals surface area contributed by atoms with Gasteiger partial charge < -0.3 is 4.74 Å². The molecule has 9 heteroatoms. The van der Waals surface area contributed by atoms with Gasteiger partial charge in [0.1, 0.15) is 11.6 Å². The molecule has 0 atom stereocenters. The van der Waals surface area contributed by atoms with Crippen LogP contribution in [0.5, 0.6) is 0 Å². The molecule has 2 aromatic carbocycles. The normalized spacial score (nSPS) is 11.2. The third kappa shape index (κ3) is 4.46. The van der Waals surface area contributed by atoms with Crippen LogP contribution in [0.15, 0.2) is 47.4 Å². The zero-order chi connectivity index (χ0) is 18.6. The summed E-state index contributed by atoms with van der Waals surface area (Å²) in [6, 6.07) is 7.31. The highest BCUT2D eigenvalue weighted by Crippen LogP contribution is 2.14. The summed E-state index contributed by atoms with van der Waals surface area (Å²) in [5.74, 6) is -3.65. The lowest BCUT2D eigenvalue weighted by atomic mass is 10.1. The maximum absolute atomic E-state index is 13.5. The minimum absolute atomic E-state index is 0.108. The molecule has 132 valence electrons. The van der Waals surface area contributed by atoms with E-state index in [-0.39, 0.29) is 10.5 Å². The highest BCUT2D eigenvalue weighted by Gasteiger charge is 2.18. The van der Waals surface area contributed by atoms with Gasteiger partial charge in [-0.25, -0.2) is 26.7 Å². The van der Waals surface area contributed by atoms with Crippen LogP contribution in [0.1, 0.15) is 20.7 Å². The number of rotatable bonds is 6. The molecule has 0 amide bonds. The van der Waals surface area contributed by atoms with Crippen LogP contribution < -0.4 is 4.72 Å². The first-order valence-corrected chi connectivity index (χ1v) is 8.42. The maximum atomic E-state index is 13.5. The number of ether oxygens (including phenoxy) is 1. The van der Waals surface area contributed by atoms with Gasteiger partial charge in [-0.05, 0) is 43.4 Å². The average Bonchev–Trinajstić information content (AvgIpc) is 2.61. The number of nitrogens with one attached hydrogen (secondary N) is 1. The summed E-state index contributed by atoms with van der Waals surface area (Å²) in [4.78, 5) is 23.6. The Hall–Kier alpha value is -2.65. The molecular weight excluding hydrogens is 356 g/mol. The standard InChI is InChI=1S/C16H13F2NO5S/c1-19-25(22,23)12-4-2-3-10(7-12)16(21)24-9-15(20)13-8-11(17)5-6-14(13)18/h2-8,19H,9H2,1H3. The van der Waals surface area contributed by atoms with Crippen molar-refractivity contribution >= 4 is 21.8 Å². The predicted octanol–water partition coefficient (Wildman–Crippen LogP) is 1.91. The van der Waals surface area contributed by atoms with Crippen molar-refractivity contribution in [2.24, 2.45) is 0 Å². The van der Waals surface area contributed by atoms with Crippen molar-refractivity contribution in [1.82, 2.24) is 4.72 Å². The number of hydrogen-bond donors (Lipinski definition) is 1. The van der Waals surface area contributed by atoms with Gasteiger partial charge in [0.05, 0.1) is 16.0 Å². The van der Waals surface area contributed by atoms with Gasteiger partial charge in [0, 0.05) is 0 Å². The van der Waals surface area contributed by atoms with E-state index in [9.17, 15) is 26.8 Å². The van der Waals surface area contributed by atoms with Gasteiger partial charge >= 0.3 is 5.97 Å². The summed E-state index contributed by atoms with van der Waals surface area (Å²) in [6.07, 6.45) is 0. The van der Waals surface area contributed by atoms with Gasteiger partial charge in [-0.3, -0.25) is 4.79 Å². The summed E-state index contributed by atoms with van der Waals surface area (Å²) in [7, 11) is -2.54. The van der Waals surface area contributed by atoms with E-state index in [1.807, 2.05) is 0 Å². The van der Waals surface area contributed by atoms with Gasteiger partial charge in [-0.15, -0.1) is 0 Å². The Morgan fingerprint density at radius 3 is 2.52 bits per heavy atom. The van der Waals surface area contributed by atoms with Crippen LogP contribution in [-0.2, 0) is 14.8 Å². The second kappa shape index (κ2) is 7.49. The van der Waals surface area contributed by atoms with Crippen LogP contribution in [0.4, 0.5) is 8.78 Å². The van der Waals surface area contributed by atoms with Crippen molar-refractivity contribution in [3.8, 4) is 0 Å². The minimum atomic E-state index is -3.75. The summed E-state index contributed by atoms with van der Waals surface area (Å²) in [6.45, 7) is -0.817. The van der Waals surface area contributed by atoms with Gasteiger partial charge in [-0.2, -0.15) is 0 Å². The monoisotopic (exact) mass is 369 g/mol. The first kappa shape index (κ1) is 18.7. The second-order valence-corrected chi connectivity index (χ2v) is 6.75. The summed E-state index contributed by atoms with van der Waals surface area (Å²) in [5, 5.41) is 0. The molecule has 0 heterocycles. The van der Waals surface area contributed by atoms with Crippen LogP contribution in [0, 0.1) is 11.6 Å². The van der Waals surface area contributed by atoms with Gasteiger partial charge in [0.25, 0.3) is 0 Å². The lowest BCUT2D eigenvalue weighted by Gasteiger charge is -2.07. The SMILES string of the molecule is CNS(=O)(=O)c1cccc(C(=O)OCC(=O)c2cc(F)ccc2F)c1. The fourth-order valence-corrected chi connectivity index (χ4v) is 2.69. The van der Waals surface area contributed by atoms with E-state index in [0.717, 1.165) is 18.2 Å². The average molecular weight is 369 g/mol. The van der Waals surface area contributed by atoms with E-state index in [0.29, 0.717) is 6.07 Å². The predicted molar refractivity (Wildman–Crippen MR) is 83.7 cm³/mol. The molecule has 2 aromatic rings. The number of benzene rings is 2. The fraction of sp³-hybridized carbons (Fsp3) is 0.125. The van der Waals surface area contributed by atoms with Crippen molar-refractivity contribution in [2.45, 2.75) is 4.90 Å². The quantitative estimate of drug-likeness (QED) is 0.621. The lowest BCUT2D eigenvalue weighted by molar-refractivity contribution is 0.0473. The lowest BCUT2D eigenvalue weighted by Crippen LogP contribution is -2.19. The van der Waals surface area contributed by atoms with Crippen LogP contribution in [0.25, 0.3) is 0 Å². The first-order valence-electron chi connectivity index (χ1n) is 6.93. The maximum Gasteiger partial charge on any atom is 0.338 e. The number of esters is 1. The summed E-state index contributed by atoms with van der Waals surface area (Å²) < 4.78 is 56.8. The number of ketones is 1. The number of halogens is 2. The number of carbonyl (C=O) groups excluding carboxylic acids is 2. The van der Waals surface area contributed by atoms with Crippen LogP contribution in [0.3, 0.4) is 0 Å². The Morgan fingerprint density at radius 1 is 1.12 bits per heavy atom. The number of hydrogen-bond acceptors (Lipinski definition) is 5. The molecule has 0 radical (unpaired) electrons. The van der Waals surface area contributed by atoms with Crippen molar-refractivity contribution < 1.29 is 31.5 Å². The Morgan fingerprint density at radius 2 is 1.84 bits per heavy atom. The molecule has 0 spiro atoms. The van der Waals surface area contributed by atoms with Gasteiger partial charge in [-0.1, -0.05) is 6.07 Å². The Kier molecular flexibility index (Phi) is 5.60. The molecule has 6 nitrogen and oxygen atoms in total. The molecule has 0 fully saturated rings. The largest absolute Gasteiger partial charge is 0.454 e. The molecule has 0 saturated carbocycles. The number of sulfonamides is 1. The van der Waals surface area contributed by atoms with Crippen molar-refractivity contribution in [1.29, 1.82) is 0 Å². The molecular formula is C16H13F2NO5S. The second-order valence-electron chi connectivity index (χ2n) is 4.86. The van der Waals surface area contributed by atoms with E-state index < -0.39 is 45.6 Å². The molecule has 2 rings (SSSR count). The Labute approximate surface area is 142 Å². The van der Waals surface area contributed by atoms with Crippen molar-refractivity contribution in [3.63, 3.8) is 0 Å². The molecule has 1 N–H and O–H groups in total. The van der Waals surface area contributed by atoms with E-state index >= 15 is 0 Å². The van der Waals surface area contributed by atoms with Crippen LogP contribution in [0.2, 0.25) is 0 Å². The molecule has 0 aromatic heterocycles. The Bertz CT molecular complexity index is 928. The topological polar surface area (TPSA) is 89.5 Å². The van der Waals surface area contributed by atoms with Gasteiger partial charge in [0.15, 0.2) is 6.61 Å². The minimum Gasteiger partial charge on any atom is -0.454 e. The number of Topliss-reactive ketones (excluding diaryl/α,β-unsaturated/α-hetero) is 1. The van der Waals surface area contributed by atoms with E-state index in [4.69, 9.17) is 4.74 Å². The third-order valence-corrected chi connectivity index (χ3v) is 4.62. The van der Waals surface area contributed by atoms with E-state index in [1.165, 1.54) is 25.2 Å². The van der Waals surface area contributed by atoms with Crippen molar-refractivity contribution in [2.75, 3.05) is 13.7 Å². The molecule has 0 aliphatic heterocycles. The Balaban J connectivity index is 2.12. The zero-order valence-electron chi connectivity index (χ0n) is 13.0. The highest BCUT2D eigenvalue weighted by atomic mass is 32.2. The fourth-order valence-electron chi connectivity index (χ4n) is 1.91. The molecule has 0 bridgehead atoms. The smallest absolute Gasteiger partial charge is 0.338 e. The molecule has 0 unspecified atom stereocenters. The highest BCUT2D eigenvalue weighted by molar-refractivity contribution is 7.89. The number of carbonyl (C=O) groups is 2. The zero-order valence-corrected chi connectivity index (χ0v) is 13.8. The molecule has 0 aliphatic carbocycles. The van der Waals surface area contributed by atoms with Crippen molar-refractivity contribution in [3.05, 3.63) is 65.2 Å². The van der Waals surface area contributed by atoms with Gasteiger partial charge in [0.2, 0.25) is 15.8 Å². The van der Waals surface area contributed by atoms with E-state index in [1.54, 1.807) is 0 Å². The molecule has 0 saturated heterocycles. The van der Waals surface area contributed by atoms with Crippen LogP contribution >= 0.6 is 0 Å². The molecule has 0 aliphatic rings. The van der Waals surface area contributed by atoms with Crippen LogP contribution in [-0.4, -0.2) is 33.8 Å². The first-order chi connectivity index (χ1) is 11.7.